The average molecular weight is 393 g/mol. The largest absolute Gasteiger partial charge is 0.357 e. The van der Waals surface area contributed by atoms with E-state index in [2.05, 4.69) is 40.9 Å². The minimum Gasteiger partial charge on any atom is -0.357 e. The van der Waals surface area contributed by atoms with E-state index >= 15 is 0 Å². The summed E-state index contributed by atoms with van der Waals surface area (Å²) in [6, 6.07) is 2.78. The molecule has 1 heterocycles. The SMILES string of the molecule is CCNC(=NCc1sccc1C)NC1CCCC1.I. The zero-order chi connectivity index (χ0) is 12.8. The van der Waals surface area contributed by atoms with Crippen LogP contribution in [0.25, 0.3) is 0 Å². The van der Waals surface area contributed by atoms with Gasteiger partial charge >= 0.3 is 0 Å². The molecular weight excluding hydrogens is 369 g/mol. The van der Waals surface area contributed by atoms with E-state index in [4.69, 9.17) is 0 Å². The third-order valence-corrected chi connectivity index (χ3v) is 4.40. The summed E-state index contributed by atoms with van der Waals surface area (Å²) in [5.41, 5.74) is 1.35. The molecule has 0 spiro atoms. The zero-order valence-electron chi connectivity index (χ0n) is 11.7. The second-order valence-corrected chi connectivity index (χ2v) is 5.85. The van der Waals surface area contributed by atoms with Gasteiger partial charge in [0.1, 0.15) is 0 Å². The van der Waals surface area contributed by atoms with E-state index in [1.165, 1.54) is 36.1 Å². The molecule has 0 atom stereocenters. The molecule has 0 unspecified atom stereocenters. The van der Waals surface area contributed by atoms with Crippen LogP contribution in [0.4, 0.5) is 0 Å². The number of hydrogen-bond acceptors (Lipinski definition) is 2. The Bertz CT molecular complexity index is 397. The van der Waals surface area contributed by atoms with Crippen LogP contribution in [0.15, 0.2) is 16.4 Å². The van der Waals surface area contributed by atoms with Crippen molar-refractivity contribution in [3.05, 3.63) is 21.9 Å². The summed E-state index contributed by atoms with van der Waals surface area (Å²) in [6.45, 7) is 5.97. The zero-order valence-corrected chi connectivity index (χ0v) is 14.9. The van der Waals surface area contributed by atoms with Gasteiger partial charge in [-0.15, -0.1) is 35.3 Å². The molecule has 1 saturated carbocycles. The quantitative estimate of drug-likeness (QED) is 0.465. The Hall–Kier alpha value is -0.300. The molecule has 1 aromatic rings. The molecule has 1 aliphatic rings. The predicted octanol–water partition coefficient (Wildman–Crippen LogP) is 3.67. The Morgan fingerprint density at radius 1 is 1.42 bits per heavy atom. The van der Waals surface area contributed by atoms with Crippen molar-refractivity contribution in [1.29, 1.82) is 0 Å². The molecule has 1 aromatic heterocycles. The van der Waals surface area contributed by atoms with Crippen LogP contribution in [0.5, 0.6) is 0 Å². The van der Waals surface area contributed by atoms with Gasteiger partial charge in [0.05, 0.1) is 6.54 Å². The Balaban J connectivity index is 0.00000180. The van der Waals surface area contributed by atoms with Gasteiger partial charge in [0.2, 0.25) is 0 Å². The van der Waals surface area contributed by atoms with Crippen molar-refractivity contribution in [3.8, 4) is 0 Å². The fourth-order valence-corrected chi connectivity index (χ4v) is 3.13. The van der Waals surface area contributed by atoms with E-state index in [9.17, 15) is 0 Å². The Kier molecular flexibility index (Phi) is 7.75. The van der Waals surface area contributed by atoms with Crippen LogP contribution in [0, 0.1) is 6.92 Å². The highest BCUT2D eigenvalue weighted by molar-refractivity contribution is 14.0. The highest BCUT2D eigenvalue weighted by atomic mass is 127. The fraction of sp³-hybridized carbons (Fsp3) is 0.643. The molecule has 2 N–H and O–H groups in total. The van der Waals surface area contributed by atoms with Gasteiger partial charge in [-0.1, -0.05) is 12.8 Å². The molecule has 1 fully saturated rings. The van der Waals surface area contributed by atoms with Crippen LogP contribution < -0.4 is 10.6 Å². The summed E-state index contributed by atoms with van der Waals surface area (Å²) in [5.74, 6) is 0.970. The molecule has 0 bridgehead atoms. The van der Waals surface area contributed by atoms with E-state index in [0.29, 0.717) is 6.04 Å². The molecule has 3 nitrogen and oxygen atoms in total. The van der Waals surface area contributed by atoms with E-state index < -0.39 is 0 Å². The van der Waals surface area contributed by atoms with Gasteiger partial charge in [0.25, 0.3) is 0 Å². The number of aryl methyl sites for hydroxylation is 1. The van der Waals surface area contributed by atoms with Gasteiger partial charge in [-0.2, -0.15) is 0 Å². The van der Waals surface area contributed by atoms with Gasteiger partial charge in [-0.25, -0.2) is 4.99 Å². The molecule has 0 amide bonds. The molecule has 0 aromatic carbocycles. The van der Waals surface area contributed by atoms with Crippen molar-refractivity contribution >= 4 is 41.3 Å². The van der Waals surface area contributed by atoms with Crippen molar-refractivity contribution in [1.82, 2.24) is 10.6 Å². The third kappa shape index (κ3) is 5.30. The second kappa shape index (κ2) is 8.79. The predicted molar refractivity (Wildman–Crippen MR) is 94.7 cm³/mol. The smallest absolute Gasteiger partial charge is 0.191 e. The van der Waals surface area contributed by atoms with Crippen molar-refractivity contribution in [2.75, 3.05) is 6.54 Å². The van der Waals surface area contributed by atoms with Gasteiger partial charge in [0, 0.05) is 17.5 Å². The molecule has 2 rings (SSSR count). The first kappa shape index (κ1) is 16.8. The van der Waals surface area contributed by atoms with Gasteiger partial charge in [0.15, 0.2) is 5.96 Å². The Labute approximate surface area is 137 Å². The van der Waals surface area contributed by atoms with Crippen LogP contribution in [-0.2, 0) is 6.54 Å². The first-order chi connectivity index (χ1) is 8.79. The molecule has 1 aliphatic carbocycles. The normalized spacial score (nSPS) is 16.2. The summed E-state index contributed by atoms with van der Waals surface area (Å²) in [7, 11) is 0. The van der Waals surface area contributed by atoms with Crippen molar-refractivity contribution in [2.24, 2.45) is 4.99 Å². The number of aliphatic imine (C=N–C) groups is 1. The molecular formula is C14H24IN3S. The number of rotatable bonds is 4. The van der Waals surface area contributed by atoms with E-state index in [1.807, 2.05) is 0 Å². The minimum absolute atomic E-state index is 0. The third-order valence-electron chi connectivity index (χ3n) is 3.39. The Morgan fingerprint density at radius 3 is 2.74 bits per heavy atom. The van der Waals surface area contributed by atoms with Gasteiger partial charge in [-0.05, 0) is 43.7 Å². The van der Waals surface area contributed by atoms with Crippen LogP contribution in [0.2, 0.25) is 0 Å². The number of halogens is 1. The van der Waals surface area contributed by atoms with Crippen LogP contribution in [-0.4, -0.2) is 18.5 Å². The maximum Gasteiger partial charge on any atom is 0.191 e. The van der Waals surface area contributed by atoms with E-state index in [1.54, 1.807) is 11.3 Å². The van der Waals surface area contributed by atoms with Crippen LogP contribution in [0.3, 0.4) is 0 Å². The number of guanidine groups is 1. The average Bonchev–Trinajstić information content (AvgIpc) is 2.98. The topological polar surface area (TPSA) is 36.4 Å². The lowest BCUT2D eigenvalue weighted by Crippen LogP contribution is -2.42. The van der Waals surface area contributed by atoms with E-state index in [-0.39, 0.29) is 24.0 Å². The maximum atomic E-state index is 4.69. The summed E-state index contributed by atoms with van der Waals surface area (Å²) < 4.78 is 0. The second-order valence-electron chi connectivity index (χ2n) is 4.85. The molecule has 0 saturated heterocycles. The number of nitrogens with zero attached hydrogens (tertiary/aromatic N) is 1. The lowest BCUT2D eigenvalue weighted by Gasteiger charge is -2.16. The van der Waals surface area contributed by atoms with Crippen LogP contribution in [0.1, 0.15) is 43.0 Å². The number of nitrogens with one attached hydrogen (secondary N) is 2. The molecule has 0 aliphatic heterocycles. The summed E-state index contributed by atoms with van der Waals surface area (Å²) >= 11 is 1.79. The monoisotopic (exact) mass is 393 g/mol. The first-order valence-corrected chi connectivity index (χ1v) is 7.75. The minimum atomic E-state index is 0. The van der Waals surface area contributed by atoms with E-state index in [0.717, 1.165) is 19.0 Å². The van der Waals surface area contributed by atoms with Crippen LogP contribution >= 0.6 is 35.3 Å². The molecule has 19 heavy (non-hydrogen) atoms. The highest BCUT2D eigenvalue weighted by Gasteiger charge is 2.15. The molecule has 108 valence electrons. The standard InChI is InChI=1S/C14H23N3S.HI/c1-3-15-14(17-12-6-4-5-7-12)16-10-13-11(2)8-9-18-13;/h8-9,12H,3-7,10H2,1-2H3,(H2,15,16,17);1H. The van der Waals surface area contributed by atoms with Crippen molar-refractivity contribution in [3.63, 3.8) is 0 Å². The highest BCUT2D eigenvalue weighted by Crippen LogP contribution is 2.18. The molecule has 5 heteroatoms. The fourth-order valence-electron chi connectivity index (χ4n) is 2.30. The molecule has 0 radical (unpaired) electrons. The number of hydrogen-bond donors (Lipinski definition) is 2. The Morgan fingerprint density at radius 2 is 2.16 bits per heavy atom. The van der Waals surface area contributed by atoms with Gasteiger partial charge < -0.3 is 10.6 Å². The lowest BCUT2D eigenvalue weighted by atomic mass is 10.2. The first-order valence-electron chi connectivity index (χ1n) is 6.87. The summed E-state index contributed by atoms with van der Waals surface area (Å²) in [5, 5.41) is 9.01. The summed E-state index contributed by atoms with van der Waals surface area (Å²) in [6.07, 6.45) is 5.26. The van der Waals surface area contributed by atoms with Crippen molar-refractivity contribution < 1.29 is 0 Å². The number of thiophene rings is 1. The lowest BCUT2D eigenvalue weighted by molar-refractivity contribution is 0.614. The summed E-state index contributed by atoms with van der Waals surface area (Å²) in [4.78, 5) is 6.04. The van der Waals surface area contributed by atoms with Crippen molar-refractivity contribution in [2.45, 2.75) is 52.1 Å². The van der Waals surface area contributed by atoms with Gasteiger partial charge in [-0.3, -0.25) is 0 Å². The maximum absolute atomic E-state index is 4.69.